The number of carbonyl (C=O) groups excluding carboxylic acids is 1. The molecule has 0 aliphatic carbocycles. The summed E-state index contributed by atoms with van der Waals surface area (Å²) in [4.78, 5) is 13.6. The van der Waals surface area contributed by atoms with E-state index in [9.17, 15) is 9.90 Å². The molecule has 0 atom stereocenters. The Kier molecular flexibility index (Phi) is 5.40. The van der Waals surface area contributed by atoms with E-state index in [0.717, 1.165) is 6.42 Å². The van der Waals surface area contributed by atoms with E-state index in [0.29, 0.717) is 44.9 Å². The summed E-state index contributed by atoms with van der Waals surface area (Å²) < 4.78 is 0. The Labute approximate surface area is 104 Å². The zero-order chi connectivity index (χ0) is 12.9. The molecule has 1 saturated heterocycles. The normalized spacial score (nSPS) is 19.7. The minimum Gasteiger partial charge on any atom is -0.388 e. The molecular weight excluding hydrogens is 216 g/mol. The maximum atomic E-state index is 11.7. The summed E-state index contributed by atoms with van der Waals surface area (Å²) in [6, 6.07) is 0.388. The van der Waals surface area contributed by atoms with E-state index in [-0.39, 0.29) is 5.91 Å². The lowest BCUT2D eigenvalue weighted by Crippen LogP contribution is -2.52. The molecule has 0 aromatic rings. The summed E-state index contributed by atoms with van der Waals surface area (Å²) in [5.41, 5.74) is -0.632. The van der Waals surface area contributed by atoms with Crippen molar-refractivity contribution >= 4 is 5.91 Å². The summed E-state index contributed by atoms with van der Waals surface area (Å²) >= 11 is 0. The fourth-order valence-corrected chi connectivity index (χ4v) is 2.12. The number of piperidine rings is 1. The van der Waals surface area contributed by atoms with E-state index in [2.05, 4.69) is 19.2 Å². The van der Waals surface area contributed by atoms with Crippen LogP contribution in [0.1, 0.15) is 46.5 Å². The van der Waals surface area contributed by atoms with Gasteiger partial charge in [0, 0.05) is 32.1 Å². The van der Waals surface area contributed by atoms with Gasteiger partial charge in [0.1, 0.15) is 0 Å². The van der Waals surface area contributed by atoms with Gasteiger partial charge in [0.25, 0.3) is 0 Å². The van der Waals surface area contributed by atoms with Crippen LogP contribution in [-0.2, 0) is 4.79 Å². The molecule has 1 aliphatic heterocycles. The van der Waals surface area contributed by atoms with E-state index < -0.39 is 5.60 Å². The van der Waals surface area contributed by atoms with E-state index in [1.807, 2.05) is 11.8 Å². The van der Waals surface area contributed by atoms with Crippen molar-refractivity contribution in [1.29, 1.82) is 0 Å². The molecule has 0 unspecified atom stereocenters. The first-order valence-corrected chi connectivity index (χ1v) is 6.70. The highest BCUT2D eigenvalue weighted by Gasteiger charge is 2.33. The maximum absolute atomic E-state index is 11.7. The molecule has 1 fully saturated rings. The molecule has 2 N–H and O–H groups in total. The summed E-state index contributed by atoms with van der Waals surface area (Å²) in [5, 5.41) is 13.6. The van der Waals surface area contributed by atoms with Crippen molar-refractivity contribution in [2.75, 3.05) is 19.6 Å². The average molecular weight is 242 g/mol. The molecule has 0 bridgehead atoms. The standard InChI is InChI=1S/C13H26N2O2/c1-4-5-12(16)15-8-6-13(17,7-9-15)10-14-11(2)3/h11,14,17H,4-10H2,1-3H3. The second kappa shape index (κ2) is 6.36. The quantitative estimate of drug-likeness (QED) is 0.760. The fraction of sp³-hybridized carbons (Fsp3) is 0.923. The molecule has 0 saturated carbocycles. The molecule has 1 amide bonds. The molecule has 0 spiro atoms. The van der Waals surface area contributed by atoms with Gasteiger partial charge in [-0.25, -0.2) is 0 Å². The van der Waals surface area contributed by atoms with Crippen LogP contribution in [0.25, 0.3) is 0 Å². The molecule has 17 heavy (non-hydrogen) atoms. The number of hydrogen-bond acceptors (Lipinski definition) is 3. The van der Waals surface area contributed by atoms with E-state index in [4.69, 9.17) is 0 Å². The first kappa shape index (κ1) is 14.5. The Morgan fingerprint density at radius 1 is 1.41 bits per heavy atom. The van der Waals surface area contributed by atoms with Crippen molar-refractivity contribution in [2.45, 2.75) is 58.1 Å². The smallest absolute Gasteiger partial charge is 0.222 e. The third-order valence-electron chi connectivity index (χ3n) is 3.35. The Balaban J connectivity index is 2.36. The van der Waals surface area contributed by atoms with Crippen LogP contribution < -0.4 is 5.32 Å². The topological polar surface area (TPSA) is 52.6 Å². The predicted octanol–water partition coefficient (Wildman–Crippen LogP) is 1.14. The van der Waals surface area contributed by atoms with Crippen LogP contribution in [0.2, 0.25) is 0 Å². The lowest BCUT2D eigenvalue weighted by Gasteiger charge is -2.38. The number of hydrogen-bond donors (Lipinski definition) is 2. The van der Waals surface area contributed by atoms with Crippen molar-refractivity contribution in [3.8, 4) is 0 Å². The second-order valence-corrected chi connectivity index (χ2v) is 5.39. The lowest BCUT2D eigenvalue weighted by molar-refractivity contribution is -0.135. The predicted molar refractivity (Wildman–Crippen MR) is 68.8 cm³/mol. The molecule has 1 heterocycles. The van der Waals surface area contributed by atoms with Gasteiger partial charge >= 0.3 is 0 Å². The number of carbonyl (C=O) groups is 1. The first-order valence-electron chi connectivity index (χ1n) is 6.70. The number of aliphatic hydroxyl groups is 1. The molecular formula is C13H26N2O2. The number of nitrogens with one attached hydrogen (secondary N) is 1. The Bertz CT molecular complexity index is 246. The molecule has 1 aliphatic rings. The summed E-state index contributed by atoms with van der Waals surface area (Å²) in [5.74, 6) is 0.228. The highest BCUT2D eigenvalue weighted by molar-refractivity contribution is 5.76. The average Bonchev–Trinajstić information content (AvgIpc) is 2.28. The Morgan fingerprint density at radius 3 is 2.47 bits per heavy atom. The van der Waals surface area contributed by atoms with Gasteiger partial charge < -0.3 is 15.3 Å². The second-order valence-electron chi connectivity index (χ2n) is 5.39. The first-order chi connectivity index (χ1) is 7.97. The maximum Gasteiger partial charge on any atom is 0.222 e. The van der Waals surface area contributed by atoms with Gasteiger partial charge in [-0.05, 0) is 19.3 Å². The molecule has 0 radical (unpaired) electrons. The third kappa shape index (κ3) is 4.64. The van der Waals surface area contributed by atoms with Gasteiger partial charge in [0.2, 0.25) is 5.91 Å². The van der Waals surface area contributed by atoms with E-state index in [1.165, 1.54) is 0 Å². The van der Waals surface area contributed by atoms with Gasteiger partial charge in [-0.2, -0.15) is 0 Å². The van der Waals surface area contributed by atoms with Crippen molar-refractivity contribution in [3.05, 3.63) is 0 Å². The van der Waals surface area contributed by atoms with Crippen LogP contribution in [0.3, 0.4) is 0 Å². The van der Waals surface area contributed by atoms with Crippen LogP contribution in [0, 0.1) is 0 Å². The van der Waals surface area contributed by atoms with Gasteiger partial charge in [0.05, 0.1) is 5.60 Å². The highest BCUT2D eigenvalue weighted by Crippen LogP contribution is 2.22. The van der Waals surface area contributed by atoms with Crippen molar-refractivity contribution in [3.63, 3.8) is 0 Å². The molecule has 100 valence electrons. The zero-order valence-corrected chi connectivity index (χ0v) is 11.3. The minimum absolute atomic E-state index is 0.228. The minimum atomic E-state index is -0.632. The van der Waals surface area contributed by atoms with Crippen LogP contribution in [0.4, 0.5) is 0 Å². The zero-order valence-electron chi connectivity index (χ0n) is 11.3. The van der Waals surface area contributed by atoms with Crippen LogP contribution in [0.15, 0.2) is 0 Å². The fourth-order valence-electron chi connectivity index (χ4n) is 2.12. The number of nitrogens with zero attached hydrogens (tertiary/aromatic N) is 1. The lowest BCUT2D eigenvalue weighted by atomic mass is 9.91. The molecule has 0 aromatic carbocycles. The van der Waals surface area contributed by atoms with Gasteiger partial charge in [-0.1, -0.05) is 20.8 Å². The van der Waals surface area contributed by atoms with E-state index >= 15 is 0 Å². The van der Waals surface area contributed by atoms with Crippen molar-refractivity contribution < 1.29 is 9.90 Å². The third-order valence-corrected chi connectivity index (χ3v) is 3.35. The van der Waals surface area contributed by atoms with Gasteiger partial charge in [-0.15, -0.1) is 0 Å². The largest absolute Gasteiger partial charge is 0.388 e. The van der Waals surface area contributed by atoms with Crippen molar-refractivity contribution in [1.82, 2.24) is 10.2 Å². The summed E-state index contributed by atoms with van der Waals surface area (Å²) in [6.45, 7) is 8.17. The SMILES string of the molecule is CCCC(=O)N1CCC(O)(CNC(C)C)CC1. The number of likely N-dealkylation sites (tertiary alicyclic amines) is 1. The van der Waals surface area contributed by atoms with E-state index in [1.54, 1.807) is 0 Å². The van der Waals surface area contributed by atoms with Crippen molar-refractivity contribution in [2.24, 2.45) is 0 Å². The molecule has 1 rings (SSSR count). The molecule has 4 nitrogen and oxygen atoms in total. The Hall–Kier alpha value is -0.610. The number of rotatable bonds is 5. The van der Waals surface area contributed by atoms with Crippen LogP contribution >= 0.6 is 0 Å². The molecule has 0 aromatic heterocycles. The molecule has 4 heteroatoms. The van der Waals surface area contributed by atoms with Crippen LogP contribution in [0.5, 0.6) is 0 Å². The van der Waals surface area contributed by atoms with Crippen LogP contribution in [-0.4, -0.2) is 47.2 Å². The summed E-state index contributed by atoms with van der Waals surface area (Å²) in [7, 11) is 0. The summed E-state index contributed by atoms with van der Waals surface area (Å²) in [6.07, 6.45) is 2.89. The van der Waals surface area contributed by atoms with Gasteiger partial charge in [0.15, 0.2) is 0 Å². The monoisotopic (exact) mass is 242 g/mol. The Morgan fingerprint density at radius 2 is 2.00 bits per heavy atom. The van der Waals surface area contributed by atoms with Gasteiger partial charge in [-0.3, -0.25) is 4.79 Å². The number of amides is 1. The highest BCUT2D eigenvalue weighted by atomic mass is 16.3.